The maximum atomic E-state index is 12.5. The first-order valence-corrected chi connectivity index (χ1v) is 7.20. The van der Waals surface area contributed by atoms with Crippen LogP contribution in [0.1, 0.15) is 28.8 Å². The molecule has 0 bridgehead atoms. The average Bonchev–Trinajstić information content (AvgIpc) is 2.40. The molecule has 0 unspecified atom stereocenters. The molecule has 2 rings (SSSR count). The van der Waals surface area contributed by atoms with Crippen LogP contribution in [0, 0.1) is 6.92 Å². The predicted octanol–water partition coefficient (Wildman–Crippen LogP) is 1.21. The lowest BCUT2D eigenvalue weighted by Gasteiger charge is -2.37. The zero-order chi connectivity index (χ0) is 14.9. The fraction of sp³-hybridized carbons (Fsp3) is 0.429. The molecular weight excluding hydrogens is 324 g/mol. The number of hydrogen-bond donors (Lipinski definition) is 2. The number of carbonyl (C=O) groups excluding carboxylic acids is 2. The average molecular weight is 341 g/mol. The van der Waals surface area contributed by atoms with Crippen LogP contribution < -0.4 is 5.73 Å². The lowest BCUT2D eigenvalue weighted by atomic mass is 9.91. The Labute approximate surface area is 125 Å². The van der Waals surface area contributed by atoms with Gasteiger partial charge in [0.1, 0.15) is 0 Å². The third kappa shape index (κ3) is 2.86. The van der Waals surface area contributed by atoms with E-state index in [4.69, 9.17) is 5.73 Å². The Kier molecular flexibility index (Phi) is 4.15. The number of benzene rings is 1. The molecule has 0 radical (unpaired) electrons. The minimum atomic E-state index is -1.62. The molecule has 5 nitrogen and oxygen atoms in total. The number of nitrogens with zero attached hydrogens (tertiary/aromatic N) is 1. The number of aliphatic hydroxyl groups is 1. The highest BCUT2D eigenvalue weighted by Crippen LogP contribution is 2.24. The second-order valence-electron chi connectivity index (χ2n) is 5.19. The van der Waals surface area contributed by atoms with Gasteiger partial charge in [-0.1, -0.05) is 22.0 Å². The van der Waals surface area contributed by atoms with E-state index in [1.165, 1.54) is 4.90 Å². The predicted molar refractivity (Wildman–Crippen MR) is 78.2 cm³/mol. The number of hydrogen-bond acceptors (Lipinski definition) is 3. The molecule has 1 aliphatic heterocycles. The van der Waals surface area contributed by atoms with Crippen molar-refractivity contribution in [2.24, 2.45) is 5.73 Å². The molecule has 1 aromatic carbocycles. The molecule has 0 aromatic heterocycles. The van der Waals surface area contributed by atoms with Gasteiger partial charge in [-0.2, -0.15) is 0 Å². The van der Waals surface area contributed by atoms with Crippen molar-refractivity contribution in [1.82, 2.24) is 4.90 Å². The number of piperidine rings is 1. The number of carbonyl (C=O) groups is 2. The first-order valence-electron chi connectivity index (χ1n) is 6.41. The summed E-state index contributed by atoms with van der Waals surface area (Å²) in [5.74, 6) is -0.968. The Morgan fingerprint density at radius 2 is 2.15 bits per heavy atom. The molecule has 1 fully saturated rings. The molecule has 0 aliphatic carbocycles. The monoisotopic (exact) mass is 340 g/mol. The Morgan fingerprint density at radius 3 is 2.80 bits per heavy atom. The van der Waals surface area contributed by atoms with Crippen LogP contribution in [-0.4, -0.2) is 40.5 Å². The molecule has 1 aliphatic rings. The lowest BCUT2D eigenvalue weighted by Crippen LogP contribution is -2.57. The summed E-state index contributed by atoms with van der Waals surface area (Å²) >= 11 is 3.34. The van der Waals surface area contributed by atoms with Gasteiger partial charge in [0.15, 0.2) is 5.60 Å². The van der Waals surface area contributed by atoms with Crippen LogP contribution in [0.5, 0.6) is 0 Å². The van der Waals surface area contributed by atoms with Crippen LogP contribution in [0.2, 0.25) is 0 Å². The van der Waals surface area contributed by atoms with E-state index in [1.54, 1.807) is 6.07 Å². The van der Waals surface area contributed by atoms with E-state index in [-0.39, 0.29) is 12.5 Å². The van der Waals surface area contributed by atoms with Gasteiger partial charge in [0.05, 0.1) is 6.54 Å². The summed E-state index contributed by atoms with van der Waals surface area (Å²) in [7, 11) is 0. The maximum Gasteiger partial charge on any atom is 0.254 e. The van der Waals surface area contributed by atoms with Crippen molar-refractivity contribution < 1.29 is 14.7 Å². The quantitative estimate of drug-likeness (QED) is 0.848. The minimum absolute atomic E-state index is 0.0485. The van der Waals surface area contributed by atoms with Gasteiger partial charge in [-0.3, -0.25) is 9.59 Å². The summed E-state index contributed by atoms with van der Waals surface area (Å²) in [6.45, 7) is 2.32. The van der Waals surface area contributed by atoms with E-state index in [2.05, 4.69) is 15.9 Å². The minimum Gasteiger partial charge on any atom is -0.378 e. The number of aryl methyl sites for hydroxylation is 1. The van der Waals surface area contributed by atoms with E-state index >= 15 is 0 Å². The summed E-state index contributed by atoms with van der Waals surface area (Å²) in [6, 6.07) is 5.46. The smallest absolute Gasteiger partial charge is 0.254 e. The standard InChI is InChI=1S/C14H17BrN2O3/c1-9-3-4-10(15)7-11(9)12(18)17-6-2-5-14(20,8-17)13(16)19/h3-4,7,20H,2,5-6,8H2,1H3,(H2,16,19)/t14-/m1/s1. The van der Waals surface area contributed by atoms with E-state index in [0.717, 1.165) is 10.0 Å². The van der Waals surface area contributed by atoms with Crippen molar-refractivity contribution in [2.45, 2.75) is 25.4 Å². The van der Waals surface area contributed by atoms with Crippen molar-refractivity contribution in [1.29, 1.82) is 0 Å². The first kappa shape index (κ1) is 15.0. The van der Waals surface area contributed by atoms with Gasteiger partial charge in [0.25, 0.3) is 11.8 Å². The highest BCUT2D eigenvalue weighted by Gasteiger charge is 2.40. The van der Waals surface area contributed by atoms with Gasteiger partial charge in [0, 0.05) is 16.6 Å². The topological polar surface area (TPSA) is 83.6 Å². The molecule has 20 heavy (non-hydrogen) atoms. The molecule has 1 atom stereocenters. The van der Waals surface area contributed by atoms with Crippen LogP contribution in [0.4, 0.5) is 0 Å². The summed E-state index contributed by atoms with van der Waals surface area (Å²) in [4.78, 5) is 25.3. The number of halogens is 1. The Morgan fingerprint density at radius 1 is 1.45 bits per heavy atom. The Bertz CT molecular complexity index is 561. The number of rotatable bonds is 2. The summed E-state index contributed by atoms with van der Waals surface area (Å²) < 4.78 is 0.814. The van der Waals surface area contributed by atoms with Crippen molar-refractivity contribution in [3.8, 4) is 0 Å². The fourth-order valence-corrected chi connectivity index (χ4v) is 2.77. The normalized spacial score (nSPS) is 22.6. The summed E-state index contributed by atoms with van der Waals surface area (Å²) in [5, 5.41) is 10.2. The number of amides is 2. The van der Waals surface area contributed by atoms with E-state index < -0.39 is 11.5 Å². The van der Waals surface area contributed by atoms with Crippen molar-refractivity contribution in [3.63, 3.8) is 0 Å². The first-order chi connectivity index (χ1) is 9.33. The van der Waals surface area contributed by atoms with E-state index in [0.29, 0.717) is 24.9 Å². The van der Waals surface area contributed by atoms with Gasteiger partial charge in [-0.25, -0.2) is 0 Å². The van der Waals surface area contributed by atoms with Crippen LogP contribution >= 0.6 is 15.9 Å². The van der Waals surface area contributed by atoms with Crippen molar-refractivity contribution in [2.75, 3.05) is 13.1 Å². The molecule has 108 valence electrons. The summed E-state index contributed by atoms with van der Waals surface area (Å²) in [6.07, 6.45) is 0.849. The number of likely N-dealkylation sites (tertiary alicyclic amines) is 1. The SMILES string of the molecule is Cc1ccc(Br)cc1C(=O)N1CCC[C@](O)(C(N)=O)C1. The molecule has 1 saturated heterocycles. The Balaban J connectivity index is 2.25. The second-order valence-corrected chi connectivity index (χ2v) is 6.10. The van der Waals surface area contributed by atoms with Crippen LogP contribution in [-0.2, 0) is 4.79 Å². The number of β-amino-alcohol motifs (C(OH)–C–C–N with tert-alkyl or cyclic N) is 1. The van der Waals surface area contributed by atoms with Crippen LogP contribution in [0.25, 0.3) is 0 Å². The van der Waals surface area contributed by atoms with E-state index in [9.17, 15) is 14.7 Å². The van der Waals surface area contributed by atoms with Gasteiger partial charge in [0.2, 0.25) is 0 Å². The van der Waals surface area contributed by atoms with Crippen LogP contribution in [0.15, 0.2) is 22.7 Å². The van der Waals surface area contributed by atoms with Gasteiger partial charge in [-0.15, -0.1) is 0 Å². The zero-order valence-corrected chi connectivity index (χ0v) is 12.8. The number of primary amides is 1. The molecule has 0 spiro atoms. The third-order valence-electron chi connectivity index (χ3n) is 3.65. The fourth-order valence-electron chi connectivity index (χ4n) is 2.41. The lowest BCUT2D eigenvalue weighted by molar-refractivity contribution is -0.140. The Hall–Kier alpha value is -1.40. The number of nitrogens with two attached hydrogens (primary N) is 1. The van der Waals surface area contributed by atoms with Gasteiger partial charge in [-0.05, 0) is 37.5 Å². The van der Waals surface area contributed by atoms with Crippen molar-refractivity contribution in [3.05, 3.63) is 33.8 Å². The van der Waals surface area contributed by atoms with E-state index in [1.807, 2.05) is 19.1 Å². The largest absolute Gasteiger partial charge is 0.378 e. The molecule has 6 heteroatoms. The zero-order valence-electron chi connectivity index (χ0n) is 11.2. The third-order valence-corrected chi connectivity index (χ3v) is 4.14. The molecule has 1 heterocycles. The molecular formula is C14H17BrN2O3. The summed E-state index contributed by atoms with van der Waals surface area (Å²) in [5.41, 5.74) is 5.02. The highest BCUT2D eigenvalue weighted by molar-refractivity contribution is 9.10. The molecule has 1 aromatic rings. The molecule has 2 amide bonds. The maximum absolute atomic E-state index is 12.5. The van der Waals surface area contributed by atoms with Crippen molar-refractivity contribution >= 4 is 27.7 Å². The second kappa shape index (κ2) is 5.54. The highest BCUT2D eigenvalue weighted by atomic mass is 79.9. The van der Waals surface area contributed by atoms with Gasteiger partial charge < -0.3 is 15.7 Å². The van der Waals surface area contributed by atoms with Gasteiger partial charge >= 0.3 is 0 Å². The van der Waals surface area contributed by atoms with Crippen LogP contribution in [0.3, 0.4) is 0 Å². The molecule has 3 N–H and O–H groups in total. The molecule has 0 saturated carbocycles.